The molecule has 0 saturated heterocycles. The Bertz CT molecular complexity index is 930. The normalized spacial score (nSPS) is 13.5. The number of amides is 1. The largest absolute Gasteiger partial charge is 0.411 e. The summed E-state index contributed by atoms with van der Waals surface area (Å²) in [5.41, 5.74) is 1.30. The number of hydrogen-bond acceptors (Lipinski definition) is 6. The minimum Gasteiger partial charge on any atom is -0.411 e. The number of aromatic nitrogens is 3. The highest BCUT2D eigenvalue weighted by molar-refractivity contribution is 7.99. The molecule has 1 fully saturated rings. The number of carbonyl (C=O) groups is 1. The Kier molecular flexibility index (Phi) is 5.15. The van der Waals surface area contributed by atoms with Crippen LogP contribution in [0.15, 0.2) is 58.4 Å². The second-order valence-corrected chi connectivity index (χ2v) is 7.17. The molecule has 6 nitrogen and oxygen atoms in total. The Labute approximate surface area is 159 Å². The molecule has 138 valence electrons. The summed E-state index contributed by atoms with van der Waals surface area (Å²) in [5, 5.41) is 8.30. The molecule has 0 radical (unpaired) electrons. The van der Waals surface area contributed by atoms with Crippen LogP contribution < -0.4 is 0 Å². The topological polar surface area (TPSA) is 72.1 Å². The van der Waals surface area contributed by atoms with E-state index < -0.39 is 0 Å². The molecule has 1 aromatic carbocycles. The number of benzene rings is 1. The molecule has 0 unspecified atom stereocenters. The summed E-state index contributed by atoms with van der Waals surface area (Å²) in [6.07, 6.45) is 5.20. The van der Waals surface area contributed by atoms with Gasteiger partial charge in [0.15, 0.2) is 0 Å². The standard InChI is InChI=1S/C19H17FN4O2S/c20-16-4-2-1-3-14(16)11-24(15-5-6-15)17(25)12-27-19-23-22-18(26-19)13-7-9-21-10-8-13/h1-4,7-10,15H,5-6,11-12H2. The maximum Gasteiger partial charge on any atom is 0.277 e. The lowest BCUT2D eigenvalue weighted by Crippen LogP contribution is -2.34. The molecule has 27 heavy (non-hydrogen) atoms. The van der Waals surface area contributed by atoms with Crippen LogP contribution in [-0.4, -0.2) is 37.8 Å². The summed E-state index contributed by atoms with van der Waals surface area (Å²) in [4.78, 5) is 18.4. The summed E-state index contributed by atoms with van der Waals surface area (Å²) >= 11 is 1.19. The minimum absolute atomic E-state index is 0.0607. The zero-order valence-corrected chi connectivity index (χ0v) is 15.2. The van der Waals surface area contributed by atoms with Crippen molar-refractivity contribution in [3.63, 3.8) is 0 Å². The number of rotatable bonds is 7. The van der Waals surface area contributed by atoms with E-state index in [9.17, 15) is 9.18 Å². The fourth-order valence-corrected chi connectivity index (χ4v) is 3.35. The van der Waals surface area contributed by atoms with Gasteiger partial charge < -0.3 is 9.32 Å². The molecule has 0 spiro atoms. The predicted octanol–water partition coefficient (Wildman–Crippen LogP) is 3.55. The van der Waals surface area contributed by atoms with Crippen molar-refractivity contribution in [3.05, 3.63) is 60.2 Å². The van der Waals surface area contributed by atoms with Gasteiger partial charge in [0.25, 0.3) is 5.22 Å². The average molecular weight is 384 g/mol. The first-order valence-electron chi connectivity index (χ1n) is 8.60. The highest BCUT2D eigenvalue weighted by Gasteiger charge is 2.33. The van der Waals surface area contributed by atoms with Gasteiger partial charge in [-0.2, -0.15) is 0 Å². The predicted molar refractivity (Wildman–Crippen MR) is 98.2 cm³/mol. The third-order valence-electron chi connectivity index (χ3n) is 4.26. The van der Waals surface area contributed by atoms with E-state index in [-0.39, 0.29) is 30.1 Å². The van der Waals surface area contributed by atoms with E-state index in [2.05, 4.69) is 15.2 Å². The summed E-state index contributed by atoms with van der Waals surface area (Å²) in [5.74, 6) is 0.206. The molecule has 0 atom stereocenters. The Balaban J connectivity index is 1.39. The second-order valence-electron chi connectivity index (χ2n) is 6.24. The number of hydrogen-bond donors (Lipinski definition) is 0. The molecule has 1 aliphatic rings. The van der Waals surface area contributed by atoms with Crippen molar-refractivity contribution < 1.29 is 13.6 Å². The number of nitrogens with zero attached hydrogens (tertiary/aromatic N) is 4. The Morgan fingerprint density at radius 2 is 1.96 bits per heavy atom. The van der Waals surface area contributed by atoms with Gasteiger partial charge in [0.05, 0.1) is 5.75 Å². The number of pyridine rings is 1. The van der Waals surface area contributed by atoms with Crippen molar-refractivity contribution in [2.45, 2.75) is 30.7 Å². The van der Waals surface area contributed by atoms with Crippen molar-refractivity contribution in [1.82, 2.24) is 20.1 Å². The average Bonchev–Trinajstić information content (AvgIpc) is 3.43. The van der Waals surface area contributed by atoms with Crippen molar-refractivity contribution in [2.75, 3.05) is 5.75 Å². The van der Waals surface area contributed by atoms with Crippen molar-refractivity contribution in [1.29, 1.82) is 0 Å². The third-order valence-corrected chi connectivity index (χ3v) is 5.06. The highest BCUT2D eigenvalue weighted by Crippen LogP contribution is 2.30. The Morgan fingerprint density at radius 3 is 2.70 bits per heavy atom. The van der Waals surface area contributed by atoms with Crippen molar-refractivity contribution in [2.24, 2.45) is 0 Å². The van der Waals surface area contributed by atoms with Crippen LogP contribution >= 0.6 is 11.8 Å². The van der Waals surface area contributed by atoms with Crippen LogP contribution in [0.4, 0.5) is 4.39 Å². The Morgan fingerprint density at radius 1 is 1.19 bits per heavy atom. The summed E-state index contributed by atoms with van der Waals surface area (Å²) in [7, 11) is 0. The number of halogens is 1. The number of carbonyl (C=O) groups excluding carboxylic acids is 1. The lowest BCUT2D eigenvalue weighted by atomic mass is 10.2. The monoisotopic (exact) mass is 384 g/mol. The number of thioether (sulfide) groups is 1. The molecular formula is C19H17FN4O2S. The minimum atomic E-state index is -0.289. The molecule has 3 aromatic rings. The van der Waals surface area contributed by atoms with Crippen LogP contribution in [0.5, 0.6) is 0 Å². The molecule has 0 N–H and O–H groups in total. The smallest absolute Gasteiger partial charge is 0.277 e. The van der Waals surface area contributed by atoms with E-state index in [1.54, 1.807) is 47.6 Å². The highest BCUT2D eigenvalue weighted by atomic mass is 32.2. The molecule has 1 aliphatic carbocycles. The van der Waals surface area contributed by atoms with Crippen LogP contribution in [-0.2, 0) is 11.3 Å². The maximum atomic E-state index is 13.9. The molecule has 1 saturated carbocycles. The van der Waals surface area contributed by atoms with Crippen LogP contribution in [0.1, 0.15) is 18.4 Å². The van der Waals surface area contributed by atoms with Crippen molar-refractivity contribution in [3.8, 4) is 11.5 Å². The second kappa shape index (κ2) is 7.87. The molecular weight excluding hydrogens is 367 g/mol. The SMILES string of the molecule is O=C(CSc1nnc(-c2ccncc2)o1)N(Cc1ccccc1F)C1CC1. The molecule has 2 aromatic heterocycles. The lowest BCUT2D eigenvalue weighted by Gasteiger charge is -2.22. The summed E-state index contributed by atoms with van der Waals surface area (Å²) < 4.78 is 19.5. The first kappa shape index (κ1) is 17.7. The quantitative estimate of drug-likeness (QED) is 0.580. The summed E-state index contributed by atoms with van der Waals surface area (Å²) in [6.45, 7) is 0.281. The van der Waals surface area contributed by atoms with Gasteiger partial charge in [-0.15, -0.1) is 10.2 Å². The zero-order valence-electron chi connectivity index (χ0n) is 14.4. The van der Waals surface area contributed by atoms with Crippen LogP contribution in [0.3, 0.4) is 0 Å². The van der Waals surface area contributed by atoms with Crippen molar-refractivity contribution >= 4 is 17.7 Å². The van der Waals surface area contributed by atoms with Gasteiger partial charge in [0.2, 0.25) is 11.8 Å². The summed E-state index contributed by atoms with van der Waals surface area (Å²) in [6, 6.07) is 10.3. The molecule has 8 heteroatoms. The van der Waals surface area contributed by atoms with E-state index in [1.165, 1.54) is 17.8 Å². The van der Waals surface area contributed by atoms with Gasteiger partial charge in [-0.25, -0.2) is 4.39 Å². The van der Waals surface area contributed by atoms with E-state index >= 15 is 0 Å². The van der Waals surface area contributed by atoms with Gasteiger partial charge in [-0.3, -0.25) is 9.78 Å². The Hall–Kier alpha value is -2.74. The first-order chi connectivity index (χ1) is 13.2. The van der Waals surface area contributed by atoms with E-state index in [1.807, 2.05) is 0 Å². The van der Waals surface area contributed by atoms with E-state index in [0.29, 0.717) is 16.7 Å². The zero-order chi connectivity index (χ0) is 18.6. The van der Waals surface area contributed by atoms with Crippen LogP contribution in [0.2, 0.25) is 0 Å². The van der Waals surface area contributed by atoms with E-state index in [0.717, 1.165) is 18.4 Å². The van der Waals surface area contributed by atoms with Gasteiger partial charge in [0, 0.05) is 36.1 Å². The maximum absolute atomic E-state index is 13.9. The lowest BCUT2D eigenvalue weighted by molar-refractivity contribution is -0.129. The fourth-order valence-electron chi connectivity index (χ4n) is 2.70. The van der Waals surface area contributed by atoms with E-state index in [4.69, 9.17) is 4.42 Å². The molecule has 0 bridgehead atoms. The molecule has 0 aliphatic heterocycles. The fraction of sp³-hybridized carbons (Fsp3) is 0.263. The molecule has 1 amide bonds. The van der Waals surface area contributed by atoms with Crippen LogP contribution in [0, 0.1) is 5.82 Å². The molecule has 2 heterocycles. The first-order valence-corrected chi connectivity index (χ1v) is 9.59. The van der Waals surface area contributed by atoms with Crippen LogP contribution in [0.25, 0.3) is 11.5 Å². The van der Waals surface area contributed by atoms with Gasteiger partial charge in [0.1, 0.15) is 5.82 Å². The van der Waals surface area contributed by atoms with Gasteiger partial charge in [-0.1, -0.05) is 30.0 Å². The third kappa shape index (κ3) is 4.33. The van der Waals surface area contributed by atoms with Gasteiger partial charge >= 0.3 is 0 Å². The molecule has 4 rings (SSSR count). The van der Waals surface area contributed by atoms with Gasteiger partial charge in [-0.05, 0) is 31.0 Å².